The number of amides is 1. The lowest BCUT2D eigenvalue weighted by atomic mass is 9.93. The molecule has 0 aromatic carbocycles. The fourth-order valence-electron chi connectivity index (χ4n) is 3.15. The molecular weight excluding hydrogens is 296 g/mol. The Kier molecular flexibility index (Phi) is 5.23. The van der Waals surface area contributed by atoms with E-state index in [0.29, 0.717) is 29.7 Å². The summed E-state index contributed by atoms with van der Waals surface area (Å²) < 4.78 is 0. The molecule has 126 valence electrons. The number of hydrogen-bond donors (Lipinski definition) is 3. The average molecular weight is 320 g/mol. The molecule has 0 saturated carbocycles. The number of carboxylic acids is 1. The highest BCUT2D eigenvalue weighted by molar-refractivity contribution is 6.04. The van der Waals surface area contributed by atoms with Crippen molar-refractivity contribution in [2.45, 2.75) is 46.5 Å². The van der Waals surface area contributed by atoms with Gasteiger partial charge in [-0.15, -0.1) is 0 Å². The zero-order chi connectivity index (χ0) is 17.1. The lowest BCUT2D eigenvalue weighted by Crippen LogP contribution is -2.34. The molecule has 1 amide bonds. The van der Waals surface area contributed by atoms with Crippen molar-refractivity contribution in [2.24, 2.45) is 11.8 Å². The molecule has 1 aromatic rings. The number of carbonyl (C=O) groups excluding carboxylic acids is 2. The molecule has 0 saturated heterocycles. The number of aromatic amines is 1. The van der Waals surface area contributed by atoms with E-state index in [1.54, 1.807) is 6.92 Å². The summed E-state index contributed by atoms with van der Waals surface area (Å²) in [5.74, 6) is -1.55. The molecule has 3 N–H and O–H groups in total. The molecule has 1 atom stereocenters. The molecule has 0 spiro atoms. The highest BCUT2D eigenvalue weighted by atomic mass is 16.4. The van der Waals surface area contributed by atoms with Gasteiger partial charge in [0.1, 0.15) is 5.69 Å². The van der Waals surface area contributed by atoms with Gasteiger partial charge in [-0.2, -0.15) is 0 Å². The van der Waals surface area contributed by atoms with E-state index in [-0.39, 0.29) is 24.2 Å². The third-order valence-electron chi connectivity index (χ3n) is 4.28. The number of fused-ring (bicyclic) bond motifs is 1. The first-order valence-electron chi connectivity index (χ1n) is 8.06. The van der Waals surface area contributed by atoms with Crippen molar-refractivity contribution in [3.05, 3.63) is 22.5 Å². The van der Waals surface area contributed by atoms with Crippen molar-refractivity contribution < 1.29 is 19.5 Å². The summed E-state index contributed by atoms with van der Waals surface area (Å²) in [6, 6.07) is 0. The number of Topliss-reactive ketones (excluding diaryl/α,β-unsaturated/α-hetero) is 1. The van der Waals surface area contributed by atoms with E-state index in [9.17, 15) is 19.5 Å². The molecule has 23 heavy (non-hydrogen) atoms. The van der Waals surface area contributed by atoms with E-state index in [0.717, 1.165) is 18.5 Å². The van der Waals surface area contributed by atoms with E-state index in [1.165, 1.54) is 0 Å². The van der Waals surface area contributed by atoms with Gasteiger partial charge < -0.3 is 15.4 Å². The highest BCUT2D eigenvalue weighted by Gasteiger charge is 2.27. The molecule has 1 aromatic heterocycles. The second-order valence-electron chi connectivity index (χ2n) is 6.63. The Morgan fingerprint density at radius 2 is 2.00 bits per heavy atom. The van der Waals surface area contributed by atoms with Crippen molar-refractivity contribution in [1.29, 1.82) is 0 Å². The Hall–Kier alpha value is -2.11. The van der Waals surface area contributed by atoms with E-state index < -0.39 is 11.9 Å². The summed E-state index contributed by atoms with van der Waals surface area (Å²) in [4.78, 5) is 38.6. The van der Waals surface area contributed by atoms with Crippen molar-refractivity contribution in [1.82, 2.24) is 10.3 Å². The third-order valence-corrected chi connectivity index (χ3v) is 4.28. The standard InChI is InChI=1S/C17H24N2O4/c1-9(2)7-11(17(22)23)8-18-16(21)15-10(3)14-12(19-15)5-4-6-13(14)20/h9,11,19H,4-8H2,1-3H3,(H,18,21)(H,22,23). The first-order valence-corrected chi connectivity index (χ1v) is 8.06. The zero-order valence-corrected chi connectivity index (χ0v) is 13.9. The fourth-order valence-corrected chi connectivity index (χ4v) is 3.15. The van der Waals surface area contributed by atoms with Crippen LogP contribution in [0.15, 0.2) is 0 Å². The van der Waals surface area contributed by atoms with Crippen LogP contribution in [0.3, 0.4) is 0 Å². The van der Waals surface area contributed by atoms with Crippen molar-refractivity contribution in [3.63, 3.8) is 0 Å². The van der Waals surface area contributed by atoms with Crippen LogP contribution in [0, 0.1) is 18.8 Å². The number of aromatic nitrogens is 1. The molecule has 1 heterocycles. The minimum atomic E-state index is -0.906. The van der Waals surface area contributed by atoms with Crippen LogP contribution in [0.1, 0.15) is 65.2 Å². The summed E-state index contributed by atoms with van der Waals surface area (Å²) >= 11 is 0. The molecule has 6 nitrogen and oxygen atoms in total. The first-order chi connectivity index (χ1) is 10.8. The van der Waals surface area contributed by atoms with Crippen LogP contribution in [-0.2, 0) is 11.2 Å². The summed E-state index contributed by atoms with van der Waals surface area (Å²) in [6.45, 7) is 5.75. The van der Waals surface area contributed by atoms with Crippen LogP contribution >= 0.6 is 0 Å². The number of carbonyl (C=O) groups is 3. The van der Waals surface area contributed by atoms with Crippen molar-refractivity contribution >= 4 is 17.7 Å². The molecular formula is C17H24N2O4. The first kappa shape index (κ1) is 17.2. The third kappa shape index (κ3) is 3.81. The van der Waals surface area contributed by atoms with Crippen molar-refractivity contribution in [2.75, 3.05) is 6.54 Å². The van der Waals surface area contributed by atoms with Gasteiger partial charge in [0.2, 0.25) is 0 Å². The van der Waals surface area contributed by atoms with Crippen LogP contribution < -0.4 is 5.32 Å². The van der Waals surface area contributed by atoms with Gasteiger partial charge in [-0.05, 0) is 37.7 Å². The minimum Gasteiger partial charge on any atom is -0.481 e. The summed E-state index contributed by atoms with van der Waals surface area (Å²) in [5.41, 5.74) is 2.50. The number of ketones is 1. The Balaban J connectivity index is 2.09. The number of aryl methyl sites for hydroxylation is 1. The molecule has 1 aliphatic carbocycles. The largest absolute Gasteiger partial charge is 0.481 e. The van der Waals surface area contributed by atoms with E-state index in [1.807, 2.05) is 13.8 Å². The Morgan fingerprint density at radius 3 is 2.57 bits per heavy atom. The van der Waals surface area contributed by atoms with Crippen LogP contribution in [0.5, 0.6) is 0 Å². The maximum Gasteiger partial charge on any atom is 0.308 e. The Morgan fingerprint density at radius 1 is 1.30 bits per heavy atom. The smallest absolute Gasteiger partial charge is 0.308 e. The second-order valence-corrected chi connectivity index (χ2v) is 6.63. The maximum atomic E-state index is 12.4. The number of nitrogens with one attached hydrogen (secondary N) is 2. The Labute approximate surface area is 135 Å². The molecule has 0 fully saturated rings. The van der Waals surface area contributed by atoms with Crippen LogP contribution in [0.25, 0.3) is 0 Å². The number of carboxylic acid groups (broad SMARTS) is 1. The van der Waals surface area contributed by atoms with E-state index >= 15 is 0 Å². The van der Waals surface area contributed by atoms with Gasteiger partial charge in [0, 0.05) is 24.2 Å². The van der Waals surface area contributed by atoms with Gasteiger partial charge in [-0.25, -0.2) is 0 Å². The summed E-state index contributed by atoms with van der Waals surface area (Å²) in [7, 11) is 0. The monoisotopic (exact) mass is 320 g/mol. The number of aliphatic carboxylic acids is 1. The SMILES string of the molecule is Cc1c(C(=O)NCC(CC(C)C)C(=O)O)[nH]c2c1C(=O)CCC2. The predicted molar refractivity (Wildman–Crippen MR) is 85.7 cm³/mol. The van der Waals surface area contributed by atoms with Crippen LogP contribution in [0.2, 0.25) is 0 Å². The molecule has 6 heteroatoms. The summed E-state index contributed by atoms with van der Waals surface area (Å²) in [5, 5.41) is 11.9. The maximum absolute atomic E-state index is 12.4. The lowest BCUT2D eigenvalue weighted by molar-refractivity contribution is -0.142. The van der Waals surface area contributed by atoms with E-state index in [2.05, 4.69) is 10.3 Å². The number of H-pyrrole nitrogens is 1. The highest BCUT2D eigenvalue weighted by Crippen LogP contribution is 2.26. The average Bonchev–Trinajstić information content (AvgIpc) is 2.81. The fraction of sp³-hybridized carbons (Fsp3) is 0.588. The minimum absolute atomic E-state index is 0.0715. The second kappa shape index (κ2) is 6.98. The molecule has 1 unspecified atom stereocenters. The number of rotatable bonds is 6. The van der Waals surface area contributed by atoms with Gasteiger partial charge in [0.25, 0.3) is 5.91 Å². The lowest BCUT2D eigenvalue weighted by Gasteiger charge is -2.15. The normalized spacial score (nSPS) is 15.4. The molecule has 0 radical (unpaired) electrons. The topological polar surface area (TPSA) is 99.3 Å². The van der Waals surface area contributed by atoms with Gasteiger partial charge >= 0.3 is 5.97 Å². The number of hydrogen-bond acceptors (Lipinski definition) is 3. The summed E-state index contributed by atoms with van der Waals surface area (Å²) in [6.07, 6.45) is 2.58. The van der Waals surface area contributed by atoms with Crippen LogP contribution in [-0.4, -0.2) is 34.3 Å². The van der Waals surface area contributed by atoms with Gasteiger partial charge in [-0.3, -0.25) is 14.4 Å². The van der Waals surface area contributed by atoms with Crippen LogP contribution in [0.4, 0.5) is 0 Å². The molecule has 1 aliphatic rings. The predicted octanol–water partition coefficient (Wildman–Crippen LogP) is 2.32. The van der Waals surface area contributed by atoms with E-state index in [4.69, 9.17) is 0 Å². The molecule has 2 rings (SSSR count). The Bertz CT molecular complexity index is 631. The van der Waals surface area contributed by atoms with Gasteiger partial charge in [0.15, 0.2) is 5.78 Å². The molecule has 0 bridgehead atoms. The van der Waals surface area contributed by atoms with Gasteiger partial charge in [0.05, 0.1) is 5.92 Å². The zero-order valence-electron chi connectivity index (χ0n) is 13.9. The molecule has 0 aliphatic heterocycles. The quantitative estimate of drug-likeness (QED) is 0.749. The van der Waals surface area contributed by atoms with Crippen molar-refractivity contribution in [3.8, 4) is 0 Å². The van der Waals surface area contributed by atoms with Gasteiger partial charge in [-0.1, -0.05) is 13.8 Å².